The molecule has 2 fully saturated rings. The standard InChI is InChI=1S/C17H23N3O3/c1-23-15-7-5-6-14(11-15)20-12-13(10-16(20)21)18-17(22)19-8-3-2-4-9-19/h5-7,11,13H,2-4,8-10,12H2,1H3,(H,18,22)/t13-/m0/s1. The van der Waals surface area contributed by atoms with E-state index in [4.69, 9.17) is 4.74 Å². The minimum absolute atomic E-state index is 0.0298. The second-order valence-corrected chi connectivity index (χ2v) is 6.10. The van der Waals surface area contributed by atoms with E-state index in [2.05, 4.69) is 5.32 Å². The highest BCUT2D eigenvalue weighted by atomic mass is 16.5. The smallest absolute Gasteiger partial charge is 0.317 e. The highest BCUT2D eigenvalue weighted by molar-refractivity contribution is 5.97. The molecule has 0 aliphatic carbocycles. The Bertz CT molecular complexity index is 584. The second kappa shape index (κ2) is 6.89. The SMILES string of the molecule is COc1cccc(N2C[C@@H](NC(=O)N3CCCCC3)CC2=O)c1. The number of nitrogens with one attached hydrogen (secondary N) is 1. The van der Waals surface area contributed by atoms with Crippen LogP contribution in [0.25, 0.3) is 0 Å². The zero-order valence-corrected chi connectivity index (χ0v) is 13.5. The number of likely N-dealkylation sites (tertiary alicyclic amines) is 1. The Hall–Kier alpha value is -2.24. The molecule has 3 amide bonds. The Labute approximate surface area is 136 Å². The van der Waals surface area contributed by atoms with E-state index in [0.29, 0.717) is 13.0 Å². The van der Waals surface area contributed by atoms with Gasteiger partial charge in [-0.2, -0.15) is 0 Å². The van der Waals surface area contributed by atoms with Gasteiger partial charge in [0.05, 0.1) is 13.2 Å². The molecule has 0 saturated carbocycles. The summed E-state index contributed by atoms with van der Waals surface area (Å²) in [7, 11) is 1.60. The predicted octanol–water partition coefficient (Wildman–Crippen LogP) is 2.00. The van der Waals surface area contributed by atoms with Crippen LogP contribution in [-0.2, 0) is 4.79 Å². The minimum atomic E-state index is -0.136. The highest BCUT2D eigenvalue weighted by Gasteiger charge is 2.32. The lowest BCUT2D eigenvalue weighted by Crippen LogP contribution is -2.47. The van der Waals surface area contributed by atoms with Crippen molar-refractivity contribution in [2.24, 2.45) is 0 Å². The summed E-state index contributed by atoms with van der Waals surface area (Å²) in [5, 5.41) is 3.00. The number of piperidine rings is 1. The van der Waals surface area contributed by atoms with Gasteiger partial charge >= 0.3 is 6.03 Å². The molecule has 0 radical (unpaired) electrons. The molecule has 0 bridgehead atoms. The lowest BCUT2D eigenvalue weighted by atomic mass is 10.1. The Kier molecular flexibility index (Phi) is 4.69. The summed E-state index contributed by atoms with van der Waals surface area (Å²) in [6.07, 6.45) is 3.66. The Morgan fingerprint density at radius 3 is 2.78 bits per heavy atom. The van der Waals surface area contributed by atoms with Crippen LogP contribution in [-0.4, -0.2) is 49.6 Å². The number of urea groups is 1. The summed E-state index contributed by atoms with van der Waals surface area (Å²) in [5.41, 5.74) is 0.809. The quantitative estimate of drug-likeness (QED) is 0.927. The van der Waals surface area contributed by atoms with Crippen LogP contribution in [0.5, 0.6) is 5.75 Å². The molecule has 6 heteroatoms. The van der Waals surface area contributed by atoms with E-state index in [1.165, 1.54) is 6.42 Å². The number of amides is 3. The molecule has 2 aliphatic rings. The second-order valence-electron chi connectivity index (χ2n) is 6.10. The maximum absolute atomic E-state index is 12.3. The number of carbonyl (C=O) groups excluding carboxylic acids is 2. The van der Waals surface area contributed by atoms with E-state index in [1.54, 1.807) is 12.0 Å². The summed E-state index contributed by atoms with van der Waals surface area (Å²) in [5.74, 6) is 0.748. The molecular weight excluding hydrogens is 294 g/mol. The number of rotatable bonds is 3. The number of nitrogens with zero attached hydrogens (tertiary/aromatic N) is 2. The Morgan fingerprint density at radius 1 is 1.26 bits per heavy atom. The molecule has 1 aromatic rings. The van der Waals surface area contributed by atoms with Crippen molar-refractivity contribution in [3.8, 4) is 5.75 Å². The summed E-state index contributed by atoms with van der Waals surface area (Å²) in [6.45, 7) is 2.13. The first-order valence-electron chi connectivity index (χ1n) is 8.17. The zero-order chi connectivity index (χ0) is 16.2. The fraction of sp³-hybridized carbons (Fsp3) is 0.529. The number of benzene rings is 1. The number of ether oxygens (including phenoxy) is 1. The van der Waals surface area contributed by atoms with Crippen molar-refractivity contribution in [1.82, 2.24) is 10.2 Å². The van der Waals surface area contributed by atoms with E-state index in [-0.39, 0.29) is 18.0 Å². The molecule has 0 unspecified atom stereocenters. The van der Waals surface area contributed by atoms with Crippen molar-refractivity contribution in [2.45, 2.75) is 31.7 Å². The van der Waals surface area contributed by atoms with Crippen molar-refractivity contribution < 1.29 is 14.3 Å². The van der Waals surface area contributed by atoms with Crippen molar-refractivity contribution in [3.05, 3.63) is 24.3 Å². The predicted molar refractivity (Wildman–Crippen MR) is 87.7 cm³/mol. The normalized spacial score (nSPS) is 21.4. The van der Waals surface area contributed by atoms with Gasteiger partial charge in [-0.25, -0.2) is 4.79 Å². The molecule has 1 N–H and O–H groups in total. The van der Waals surface area contributed by atoms with Crippen LogP contribution in [0, 0.1) is 0 Å². The highest BCUT2D eigenvalue weighted by Crippen LogP contribution is 2.25. The molecule has 2 heterocycles. The van der Waals surface area contributed by atoms with Crippen LogP contribution in [0.2, 0.25) is 0 Å². The van der Waals surface area contributed by atoms with Gasteiger partial charge in [-0.3, -0.25) is 4.79 Å². The van der Waals surface area contributed by atoms with Crippen LogP contribution in [0.3, 0.4) is 0 Å². The third-order valence-corrected chi connectivity index (χ3v) is 4.46. The summed E-state index contributed by atoms with van der Waals surface area (Å²) in [6, 6.07) is 7.25. The summed E-state index contributed by atoms with van der Waals surface area (Å²) >= 11 is 0. The van der Waals surface area contributed by atoms with E-state index in [9.17, 15) is 9.59 Å². The molecule has 3 rings (SSSR count). The monoisotopic (exact) mass is 317 g/mol. The number of methoxy groups -OCH3 is 1. The van der Waals surface area contributed by atoms with Crippen molar-refractivity contribution in [2.75, 3.05) is 31.6 Å². The largest absolute Gasteiger partial charge is 0.497 e. The number of anilines is 1. The van der Waals surface area contributed by atoms with Crippen LogP contribution in [0.4, 0.5) is 10.5 Å². The first-order valence-corrected chi connectivity index (χ1v) is 8.17. The molecular formula is C17H23N3O3. The van der Waals surface area contributed by atoms with E-state index in [0.717, 1.165) is 37.4 Å². The fourth-order valence-corrected chi connectivity index (χ4v) is 3.20. The summed E-state index contributed by atoms with van der Waals surface area (Å²) in [4.78, 5) is 28.1. The van der Waals surface area contributed by atoms with Gasteiger partial charge in [0.15, 0.2) is 0 Å². The first-order chi connectivity index (χ1) is 11.2. The molecule has 23 heavy (non-hydrogen) atoms. The van der Waals surface area contributed by atoms with Crippen molar-refractivity contribution >= 4 is 17.6 Å². The molecule has 6 nitrogen and oxygen atoms in total. The topological polar surface area (TPSA) is 61.9 Å². The van der Waals surface area contributed by atoms with Crippen molar-refractivity contribution in [3.63, 3.8) is 0 Å². The van der Waals surface area contributed by atoms with Crippen LogP contribution >= 0.6 is 0 Å². The lowest BCUT2D eigenvalue weighted by Gasteiger charge is -2.28. The maximum atomic E-state index is 12.3. The van der Waals surface area contributed by atoms with Gasteiger partial charge in [-0.15, -0.1) is 0 Å². The van der Waals surface area contributed by atoms with Crippen LogP contribution < -0.4 is 15.0 Å². The number of carbonyl (C=O) groups is 2. The Morgan fingerprint density at radius 2 is 2.04 bits per heavy atom. The molecule has 0 aromatic heterocycles. The molecule has 2 saturated heterocycles. The van der Waals surface area contributed by atoms with Gasteiger partial charge in [0.2, 0.25) is 5.91 Å². The van der Waals surface area contributed by atoms with Gasteiger partial charge < -0.3 is 19.9 Å². The third-order valence-electron chi connectivity index (χ3n) is 4.46. The van der Waals surface area contributed by atoms with Gasteiger partial charge in [0.25, 0.3) is 0 Å². The van der Waals surface area contributed by atoms with Crippen molar-refractivity contribution in [1.29, 1.82) is 0 Å². The minimum Gasteiger partial charge on any atom is -0.497 e. The van der Waals surface area contributed by atoms with E-state index >= 15 is 0 Å². The van der Waals surface area contributed by atoms with Gasteiger partial charge in [-0.1, -0.05) is 6.07 Å². The average molecular weight is 317 g/mol. The first kappa shape index (κ1) is 15.6. The van der Waals surface area contributed by atoms with E-state index in [1.807, 2.05) is 29.2 Å². The third kappa shape index (κ3) is 3.57. The summed E-state index contributed by atoms with van der Waals surface area (Å²) < 4.78 is 5.21. The molecule has 2 aliphatic heterocycles. The zero-order valence-electron chi connectivity index (χ0n) is 13.5. The van der Waals surface area contributed by atoms with Gasteiger partial charge in [-0.05, 0) is 31.4 Å². The maximum Gasteiger partial charge on any atom is 0.317 e. The van der Waals surface area contributed by atoms with Crippen LogP contribution in [0.15, 0.2) is 24.3 Å². The average Bonchev–Trinajstić information content (AvgIpc) is 2.96. The Balaban J connectivity index is 1.61. The van der Waals surface area contributed by atoms with Crippen LogP contribution in [0.1, 0.15) is 25.7 Å². The fourth-order valence-electron chi connectivity index (χ4n) is 3.20. The lowest BCUT2D eigenvalue weighted by molar-refractivity contribution is -0.117. The van der Waals surface area contributed by atoms with Gasteiger partial charge in [0, 0.05) is 37.8 Å². The molecule has 124 valence electrons. The molecule has 1 atom stereocenters. The number of hydrogen-bond acceptors (Lipinski definition) is 3. The van der Waals surface area contributed by atoms with Gasteiger partial charge in [0.1, 0.15) is 5.75 Å². The molecule has 1 aromatic carbocycles. The number of hydrogen-bond donors (Lipinski definition) is 1. The van der Waals surface area contributed by atoms with E-state index < -0.39 is 0 Å². The molecule has 0 spiro atoms.